The predicted octanol–water partition coefficient (Wildman–Crippen LogP) is 1.63. The van der Waals surface area contributed by atoms with Crippen LogP contribution in [0, 0.1) is 0 Å². The van der Waals surface area contributed by atoms with Crippen molar-refractivity contribution in [1.29, 1.82) is 0 Å². The van der Waals surface area contributed by atoms with Gasteiger partial charge in [0.25, 0.3) is 0 Å². The summed E-state index contributed by atoms with van der Waals surface area (Å²) in [5.74, 6) is 0. The smallest absolute Gasteiger partial charge is 0.0823 e. The number of nitrogens with two attached hydrogens (primary N) is 1. The van der Waals surface area contributed by atoms with E-state index in [0.29, 0.717) is 0 Å². The first-order valence-electron chi connectivity index (χ1n) is 5.07. The summed E-state index contributed by atoms with van der Waals surface area (Å²) in [6.07, 6.45) is 6.69. The van der Waals surface area contributed by atoms with E-state index < -0.39 is 0 Å². The van der Waals surface area contributed by atoms with Crippen LogP contribution >= 0.6 is 0 Å². The Balaban J connectivity index is 2.23. The molecule has 2 N–H and O–H groups in total. The Bertz CT molecular complexity index is 284. The predicted molar refractivity (Wildman–Crippen MR) is 52.2 cm³/mol. The summed E-state index contributed by atoms with van der Waals surface area (Å²) in [7, 11) is 0. The molecule has 0 saturated heterocycles. The highest BCUT2D eigenvalue weighted by Crippen LogP contribution is 2.34. The minimum absolute atomic E-state index is 0.125. The molecule has 1 saturated carbocycles. The van der Waals surface area contributed by atoms with Gasteiger partial charge in [-0.3, -0.25) is 4.68 Å². The maximum atomic E-state index is 6.27. The first-order chi connectivity index (χ1) is 6.24. The van der Waals surface area contributed by atoms with E-state index in [4.69, 9.17) is 5.73 Å². The molecule has 2 rings (SSSR count). The summed E-state index contributed by atoms with van der Waals surface area (Å²) in [4.78, 5) is 0. The molecule has 3 nitrogen and oxygen atoms in total. The van der Waals surface area contributed by atoms with Gasteiger partial charge in [0.1, 0.15) is 0 Å². The van der Waals surface area contributed by atoms with Gasteiger partial charge in [-0.15, -0.1) is 0 Å². The Morgan fingerprint density at radius 3 is 2.77 bits per heavy atom. The van der Waals surface area contributed by atoms with Crippen LogP contribution in [0.4, 0.5) is 0 Å². The largest absolute Gasteiger partial charge is 0.320 e. The molecule has 1 aromatic heterocycles. The number of aryl methyl sites for hydroxylation is 1. The molecule has 0 spiro atoms. The van der Waals surface area contributed by atoms with E-state index in [9.17, 15) is 0 Å². The van der Waals surface area contributed by atoms with E-state index in [1.54, 1.807) is 0 Å². The molecule has 0 radical (unpaired) electrons. The van der Waals surface area contributed by atoms with Crippen LogP contribution in [0.15, 0.2) is 12.3 Å². The lowest BCUT2D eigenvalue weighted by atomic mass is 9.95. The van der Waals surface area contributed by atoms with Crippen molar-refractivity contribution in [3.05, 3.63) is 18.0 Å². The van der Waals surface area contributed by atoms with E-state index in [1.807, 2.05) is 10.9 Å². The van der Waals surface area contributed by atoms with Crippen molar-refractivity contribution >= 4 is 0 Å². The van der Waals surface area contributed by atoms with Crippen LogP contribution in [0.1, 0.15) is 38.3 Å². The van der Waals surface area contributed by atoms with Gasteiger partial charge in [-0.2, -0.15) is 5.10 Å². The standard InChI is InChI=1S/C10H17N3/c1-2-13-8-5-9(12-13)10(11)6-3-4-7-10/h5,8H,2-4,6-7,11H2,1H3. The fourth-order valence-electron chi connectivity index (χ4n) is 2.07. The number of rotatable bonds is 2. The van der Waals surface area contributed by atoms with Gasteiger partial charge in [-0.25, -0.2) is 0 Å². The van der Waals surface area contributed by atoms with Crippen molar-refractivity contribution < 1.29 is 0 Å². The lowest BCUT2D eigenvalue weighted by Gasteiger charge is -2.20. The van der Waals surface area contributed by atoms with Crippen LogP contribution in [0.5, 0.6) is 0 Å². The van der Waals surface area contributed by atoms with Crippen LogP contribution < -0.4 is 5.73 Å². The molecule has 72 valence electrons. The Kier molecular flexibility index (Phi) is 2.12. The van der Waals surface area contributed by atoms with Crippen LogP contribution in [-0.2, 0) is 12.1 Å². The summed E-state index contributed by atoms with van der Waals surface area (Å²) < 4.78 is 1.95. The quantitative estimate of drug-likeness (QED) is 0.750. The maximum Gasteiger partial charge on any atom is 0.0823 e. The summed E-state index contributed by atoms with van der Waals surface area (Å²) >= 11 is 0. The number of hydrogen-bond donors (Lipinski definition) is 1. The number of hydrogen-bond acceptors (Lipinski definition) is 2. The molecule has 0 bridgehead atoms. The zero-order valence-electron chi connectivity index (χ0n) is 8.16. The van der Waals surface area contributed by atoms with Crippen molar-refractivity contribution in [2.75, 3.05) is 0 Å². The van der Waals surface area contributed by atoms with Gasteiger partial charge in [0.15, 0.2) is 0 Å². The van der Waals surface area contributed by atoms with Gasteiger partial charge < -0.3 is 5.73 Å². The molecule has 0 aliphatic heterocycles. The summed E-state index contributed by atoms with van der Waals surface area (Å²) in [6, 6.07) is 2.06. The molecule has 3 heteroatoms. The second-order valence-electron chi connectivity index (χ2n) is 3.92. The molecule has 0 atom stereocenters. The Hall–Kier alpha value is -0.830. The highest BCUT2D eigenvalue weighted by atomic mass is 15.3. The molecular formula is C10H17N3. The third-order valence-electron chi connectivity index (χ3n) is 2.97. The fraction of sp³-hybridized carbons (Fsp3) is 0.700. The highest BCUT2D eigenvalue weighted by Gasteiger charge is 2.33. The van der Waals surface area contributed by atoms with Gasteiger partial charge >= 0.3 is 0 Å². The average Bonchev–Trinajstić information content (AvgIpc) is 2.72. The van der Waals surface area contributed by atoms with Gasteiger partial charge in [0, 0.05) is 12.7 Å². The highest BCUT2D eigenvalue weighted by molar-refractivity contribution is 5.14. The molecule has 13 heavy (non-hydrogen) atoms. The number of nitrogens with zero attached hydrogens (tertiary/aromatic N) is 2. The molecular weight excluding hydrogens is 162 g/mol. The molecule has 0 aromatic carbocycles. The topological polar surface area (TPSA) is 43.8 Å². The summed E-state index contributed by atoms with van der Waals surface area (Å²) in [6.45, 7) is 3.02. The molecule has 0 unspecified atom stereocenters. The molecule has 1 heterocycles. The second-order valence-corrected chi connectivity index (χ2v) is 3.92. The van der Waals surface area contributed by atoms with Gasteiger partial charge in [-0.05, 0) is 25.8 Å². The summed E-state index contributed by atoms with van der Waals surface area (Å²) in [5.41, 5.74) is 7.22. The van der Waals surface area contributed by atoms with Crippen LogP contribution in [0.25, 0.3) is 0 Å². The van der Waals surface area contributed by atoms with Crippen molar-refractivity contribution in [1.82, 2.24) is 9.78 Å². The normalized spacial score (nSPS) is 20.8. The third-order valence-corrected chi connectivity index (χ3v) is 2.97. The van der Waals surface area contributed by atoms with Gasteiger partial charge in [-0.1, -0.05) is 12.8 Å². The first-order valence-corrected chi connectivity index (χ1v) is 5.07. The molecule has 1 fully saturated rings. The lowest BCUT2D eigenvalue weighted by Crippen LogP contribution is -2.33. The lowest BCUT2D eigenvalue weighted by molar-refractivity contribution is 0.438. The minimum atomic E-state index is -0.125. The average molecular weight is 179 g/mol. The second kappa shape index (κ2) is 3.14. The minimum Gasteiger partial charge on any atom is -0.320 e. The Morgan fingerprint density at radius 1 is 1.54 bits per heavy atom. The summed E-state index contributed by atoms with van der Waals surface area (Å²) in [5, 5.41) is 4.47. The molecule has 1 aromatic rings. The first kappa shape index (κ1) is 8.75. The fourth-order valence-corrected chi connectivity index (χ4v) is 2.07. The van der Waals surface area contributed by atoms with Crippen LogP contribution in [0.2, 0.25) is 0 Å². The van der Waals surface area contributed by atoms with E-state index in [2.05, 4.69) is 18.1 Å². The maximum absolute atomic E-state index is 6.27. The van der Waals surface area contributed by atoms with Crippen LogP contribution in [-0.4, -0.2) is 9.78 Å². The molecule has 1 aliphatic carbocycles. The van der Waals surface area contributed by atoms with Crippen molar-refractivity contribution in [3.63, 3.8) is 0 Å². The van der Waals surface area contributed by atoms with Gasteiger partial charge in [0.05, 0.1) is 11.2 Å². The van der Waals surface area contributed by atoms with Gasteiger partial charge in [0.2, 0.25) is 0 Å². The zero-order valence-corrected chi connectivity index (χ0v) is 8.16. The van der Waals surface area contributed by atoms with Crippen molar-refractivity contribution in [2.24, 2.45) is 5.73 Å². The Labute approximate surface area is 78.9 Å². The third kappa shape index (κ3) is 1.48. The van der Waals surface area contributed by atoms with Crippen molar-refractivity contribution in [2.45, 2.75) is 44.7 Å². The Morgan fingerprint density at radius 2 is 2.23 bits per heavy atom. The van der Waals surface area contributed by atoms with E-state index >= 15 is 0 Å². The van der Waals surface area contributed by atoms with Crippen molar-refractivity contribution in [3.8, 4) is 0 Å². The van der Waals surface area contributed by atoms with E-state index in [-0.39, 0.29) is 5.54 Å². The van der Waals surface area contributed by atoms with E-state index in [0.717, 1.165) is 25.1 Å². The SMILES string of the molecule is CCn1ccc(C2(N)CCCC2)n1. The van der Waals surface area contributed by atoms with Crippen LogP contribution in [0.3, 0.4) is 0 Å². The molecule has 0 amide bonds. The monoisotopic (exact) mass is 179 g/mol. The molecule has 1 aliphatic rings. The van der Waals surface area contributed by atoms with E-state index in [1.165, 1.54) is 12.8 Å². The number of aromatic nitrogens is 2. The zero-order chi connectivity index (χ0) is 9.31.